The van der Waals surface area contributed by atoms with Crippen LogP contribution in [0, 0.1) is 0 Å². The van der Waals surface area contributed by atoms with E-state index < -0.39 is 20.0 Å². The van der Waals surface area contributed by atoms with Crippen molar-refractivity contribution in [2.45, 2.75) is 19.6 Å². The third kappa shape index (κ3) is 4.02. The standard InChI is InChI=1S/C11H15ClN5O4P/c1-6(7(2)21-5-22(18,19)20)3-17-4-14-8-9(12)15-11(13)16-10(8)17/h4,7H,1,3,5H2,2H3,(H2,13,15,16)(H2,18,19,20). The molecule has 11 heteroatoms. The third-order valence-electron chi connectivity index (χ3n) is 2.88. The molecule has 2 heterocycles. The Balaban J connectivity index is 2.13. The van der Waals surface area contributed by atoms with Crippen molar-refractivity contribution in [3.05, 3.63) is 23.6 Å². The molecule has 0 amide bonds. The molecule has 0 aliphatic carbocycles. The number of hydrogen-bond acceptors (Lipinski definition) is 6. The van der Waals surface area contributed by atoms with Gasteiger partial charge in [-0.3, -0.25) is 4.57 Å². The summed E-state index contributed by atoms with van der Waals surface area (Å²) in [6, 6.07) is 0. The molecule has 22 heavy (non-hydrogen) atoms. The molecule has 0 aliphatic heterocycles. The first-order valence-corrected chi connectivity index (χ1v) is 8.32. The van der Waals surface area contributed by atoms with Gasteiger partial charge >= 0.3 is 7.60 Å². The monoisotopic (exact) mass is 347 g/mol. The van der Waals surface area contributed by atoms with E-state index in [1.807, 2.05) is 0 Å². The highest BCUT2D eigenvalue weighted by molar-refractivity contribution is 7.51. The van der Waals surface area contributed by atoms with Gasteiger partial charge in [0.25, 0.3) is 0 Å². The van der Waals surface area contributed by atoms with E-state index in [4.69, 9.17) is 31.9 Å². The van der Waals surface area contributed by atoms with Crippen molar-refractivity contribution in [3.8, 4) is 0 Å². The van der Waals surface area contributed by atoms with Crippen LogP contribution in [-0.2, 0) is 15.8 Å². The molecule has 120 valence electrons. The lowest BCUT2D eigenvalue weighted by atomic mass is 10.2. The molecule has 0 bridgehead atoms. The van der Waals surface area contributed by atoms with Gasteiger partial charge in [0.2, 0.25) is 5.95 Å². The minimum absolute atomic E-state index is 0.0238. The Morgan fingerprint density at radius 3 is 2.91 bits per heavy atom. The van der Waals surface area contributed by atoms with Gasteiger partial charge < -0.3 is 24.8 Å². The first-order valence-electron chi connectivity index (χ1n) is 6.15. The fourth-order valence-corrected chi connectivity index (χ4v) is 2.35. The van der Waals surface area contributed by atoms with Crippen LogP contribution in [0.15, 0.2) is 18.5 Å². The van der Waals surface area contributed by atoms with Crippen molar-refractivity contribution < 1.29 is 19.1 Å². The molecular weight excluding hydrogens is 333 g/mol. The molecule has 2 rings (SSSR count). The van der Waals surface area contributed by atoms with Crippen LogP contribution in [0.3, 0.4) is 0 Å². The number of rotatable bonds is 6. The van der Waals surface area contributed by atoms with Crippen molar-refractivity contribution in [3.63, 3.8) is 0 Å². The van der Waals surface area contributed by atoms with Crippen LogP contribution in [-0.4, -0.2) is 41.8 Å². The summed E-state index contributed by atoms with van der Waals surface area (Å²) in [5.74, 6) is 0.0238. The van der Waals surface area contributed by atoms with Crippen LogP contribution in [0.1, 0.15) is 6.92 Å². The summed E-state index contributed by atoms with van der Waals surface area (Å²) in [4.78, 5) is 29.6. The predicted molar refractivity (Wildman–Crippen MR) is 81.3 cm³/mol. The summed E-state index contributed by atoms with van der Waals surface area (Å²) in [7, 11) is -4.22. The minimum atomic E-state index is -4.22. The summed E-state index contributed by atoms with van der Waals surface area (Å²) >= 11 is 5.93. The molecule has 0 aliphatic rings. The second-order valence-electron chi connectivity index (χ2n) is 4.68. The summed E-state index contributed by atoms with van der Waals surface area (Å²) < 4.78 is 17.6. The number of fused-ring (bicyclic) bond motifs is 1. The van der Waals surface area contributed by atoms with Gasteiger partial charge in [-0.05, 0) is 12.5 Å². The zero-order valence-corrected chi connectivity index (χ0v) is 13.3. The van der Waals surface area contributed by atoms with Gasteiger partial charge in [0.1, 0.15) is 11.9 Å². The van der Waals surface area contributed by atoms with Crippen LogP contribution in [0.2, 0.25) is 5.15 Å². The molecule has 0 saturated carbocycles. The Kier molecular flexibility index (Phi) is 4.84. The number of aromatic nitrogens is 4. The second kappa shape index (κ2) is 6.31. The lowest BCUT2D eigenvalue weighted by Crippen LogP contribution is -2.16. The van der Waals surface area contributed by atoms with Crippen LogP contribution in [0.5, 0.6) is 0 Å². The number of ether oxygens (including phenoxy) is 1. The summed E-state index contributed by atoms with van der Waals surface area (Å²) in [5, 5.41) is 0.151. The van der Waals surface area contributed by atoms with Crippen LogP contribution in [0.4, 0.5) is 5.95 Å². The maximum atomic E-state index is 10.8. The average molecular weight is 348 g/mol. The van der Waals surface area contributed by atoms with Gasteiger partial charge in [-0.2, -0.15) is 9.97 Å². The van der Waals surface area contributed by atoms with E-state index in [0.717, 1.165) is 0 Å². The average Bonchev–Trinajstić information content (AvgIpc) is 2.78. The Morgan fingerprint density at radius 1 is 1.59 bits per heavy atom. The molecule has 1 unspecified atom stereocenters. The molecule has 0 aromatic carbocycles. The molecule has 9 nitrogen and oxygen atoms in total. The molecule has 2 aromatic heterocycles. The lowest BCUT2D eigenvalue weighted by molar-refractivity contribution is 0.110. The van der Waals surface area contributed by atoms with Gasteiger partial charge in [-0.25, -0.2) is 4.98 Å². The summed E-state index contributed by atoms with van der Waals surface area (Å²) in [5.41, 5.74) is 7.00. The van der Waals surface area contributed by atoms with E-state index in [0.29, 0.717) is 16.7 Å². The first kappa shape index (κ1) is 16.9. The largest absolute Gasteiger partial charge is 0.368 e. The predicted octanol–water partition coefficient (Wildman–Crippen LogP) is 1.16. The van der Waals surface area contributed by atoms with Gasteiger partial charge in [-0.1, -0.05) is 18.2 Å². The zero-order chi connectivity index (χ0) is 16.5. The maximum absolute atomic E-state index is 10.8. The van der Waals surface area contributed by atoms with Crippen molar-refractivity contribution in [2.24, 2.45) is 0 Å². The minimum Gasteiger partial charge on any atom is -0.368 e. The van der Waals surface area contributed by atoms with E-state index in [9.17, 15) is 4.57 Å². The quantitative estimate of drug-likeness (QED) is 0.402. The van der Waals surface area contributed by atoms with E-state index in [1.165, 1.54) is 6.33 Å². The Hall–Kier alpha value is -1.51. The molecule has 4 N–H and O–H groups in total. The molecule has 0 fully saturated rings. The Morgan fingerprint density at radius 2 is 2.27 bits per heavy atom. The smallest absolute Gasteiger partial charge is 0.351 e. The first-order chi connectivity index (χ1) is 10.2. The van der Waals surface area contributed by atoms with Crippen molar-refractivity contribution in [1.29, 1.82) is 0 Å². The van der Waals surface area contributed by atoms with E-state index in [1.54, 1.807) is 11.5 Å². The molecular formula is C11H15ClN5O4P. The van der Waals surface area contributed by atoms with Gasteiger partial charge in [0.05, 0.1) is 12.4 Å². The zero-order valence-electron chi connectivity index (χ0n) is 11.7. The number of anilines is 1. The highest BCUT2D eigenvalue weighted by Crippen LogP contribution is 2.34. The number of hydrogen-bond donors (Lipinski definition) is 3. The highest BCUT2D eigenvalue weighted by atomic mass is 35.5. The number of nitrogens with two attached hydrogens (primary N) is 1. The molecule has 2 aromatic rings. The number of nitrogens with zero attached hydrogens (tertiary/aromatic N) is 4. The fourth-order valence-electron chi connectivity index (χ4n) is 1.72. The Bertz CT molecular complexity index is 758. The number of halogens is 1. The van der Waals surface area contributed by atoms with Crippen LogP contribution < -0.4 is 5.73 Å². The fraction of sp³-hybridized carbons (Fsp3) is 0.364. The van der Waals surface area contributed by atoms with Crippen LogP contribution in [0.25, 0.3) is 11.2 Å². The van der Waals surface area contributed by atoms with Crippen molar-refractivity contribution in [1.82, 2.24) is 19.5 Å². The van der Waals surface area contributed by atoms with Gasteiger partial charge in [-0.15, -0.1) is 0 Å². The van der Waals surface area contributed by atoms with Gasteiger partial charge in [0.15, 0.2) is 10.8 Å². The molecule has 0 radical (unpaired) electrons. The lowest BCUT2D eigenvalue weighted by Gasteiger charge is -2.17. The maximum Gasteiger partial charge on any atom is 0.351 e. The normalized spacial score (nSPS) is 13.5. The Labute approximate surface area is 130 Å². The SMILES string of the molecule is C=C(Cn1cnc2c(Cl)nc(N)nc21)C(C)OCP(=O)(O)O. The third-order valence-corrected chi connectivity index (χ3v) is 3.63. The molecule has 0 saturated heterocycles. The summed E-state index contributed by atoms with van der Waals surface area (Å²) in [6.07, 6.45) is 0.282. The topological polar surface area (TPSA) is 136 Å². The van der Waals surface area contributed by atoms with E-state index in [2.05, 4.69) is 21.5 Å². The highest BCUT2D eigenvalue weighted by Gasteiger charge is 2.18. The number of nitrogen functional groups attached to an aromatic ring is 1. The van der Waals surface area contributed by atoms with E-state index in [-0.39, 0.29) is 17.6 Å². The van der Waals surface area contributed by atoms with Crippen molar-refractivity contribution >= 4 is 36.3 Å². The van der Waals surface area contributed by atoms with Crippen LogP contribution >= 0.6 is 19.2 Å². The van der Waals surface area contributed by atoms with Gasteiger partial charge in [0, 0.05) is 6.54 Å². The molecule has 1 atom stereocenters. The van der Waals surface area contributed by atoms with Crippen molar-refractivity contribution in [2.75, 3.05) is 12.1 Å². The molecule has 0 spiro atoms. The number of imidazole rings is 1. The van der Waals surface area contributed by atoms with E-state index >= 15 is 0 Å². The summed E-state index contributed by atoms with van der Waals surface area (Å²) in [6.45, 7) is 5.78. The second-order valence-corrected chi connectivity index (χ2v) is 6.62.